The topological polar surface area (TPSA) is 38.5 Å². The van der Waals surface area contributed by atoms with E-state index in [1.54, 1.807) is 0 Å². The first-order valence-electron chi connectivity index (χ1n) is 6.28. The van der Waals surface area contributed by atoms with Crippen molar-refractivity contribution >= 4 is 0 Å². The second-order valence-corrected chi connectivity index (χ2v) is 5.31. The fourth-order valence-electron chi connectivity index (χ4n) is 2.98. The normalized spacial score (nSPS) is 35.4. The largest absolute Gasteiger partial charge is 0.372 e. The highest BCUT2D eigenvalue weighted by Crippen LogP contribution is 2.31. The highest BCUT2D eigenvalue weighted by Gasteiger charge is 2.40. The Labute approximate surface area is 93.0 Å². The van der Waals surface area contributed by atoms with E-state index in [2.05, 4.69) is 18.7 Å². The Balaban J connectivity index is 2.02. The number of morpholine rings is 1. The molecular formula is C12H24N2O. The van der Waals surface area contributed by atoms with Crippen LogP contribution in [0, 0.1) is 0 Å². The van der Waals surface area contributed by atoms with Gasteiger partial charge in [0.1, 0.15) is 0 Å². The molecule has 3 nitrogen and oxygen atoms in total. The zero-order valence-corrected chi connectivity index (χ0v) is 10.0. The monoisotopic (exact) mass is 212 g/mol. The standard InChI is InChI=1S/C12H24N2O/c1-3-6-12(2,9-13)14-7-10-4-5-11(8-14)15-10/h10-11H,3-9,13H2,1-2H3. The molecule has 88 valence electrons. The number of ether oxygens (including phenoxy) is 1. The predicted molar refractivity (Wildman–Crippen MR) is 61.8 cm³/mol. The summed E-state index contributed by atoms with van der Waals surface area (Å²) in [6.07, 6.45) is 5.85. The molecule has 2 aliphatic rings. The summed E-state index contributed by atoms with van der Waals surface area (Å²) in [5.41, 5.74) is 6.15. The van der Waals surface area contributed by atoms with E-state index in [9.17, 15) is 0 Å². The molecule has 3 atom stereocenters. The van der Waals surface area contributed by atoms with Crippen molar-refractivity contribution in [1.29, 1.82) is 0 Å². The van der Waals surface area contributed by atoms with Crippen molar-refractivity contribution in [1.82, 2.24) is 4.90 Å². The van der Waals surface area contributed by atoms with Crippen molar-refractivity contribution in [3.8, 4) is 0 Å². The smallest absolute Gasteiger partial charge is 0.0707 e. The van der Waals surface area contributed by atoms with Crippen LogP contribution in [0.3, 0.4) is 0 Å². The minimum absolute atomic E-state index is 0.194. The van der Waals surface area contributed by atoms with Gasteiger partial charge in [0.25, 0.3) is 0 Å². The summed E-state index contributed by atoms with van der Waals surface area (Å²) in [6.45, 7) is 7.49. The summed E-state index contributed by atoms with van der Waals surface area (Å²) in [5, 5.41) is 0. The molecule has 2 rings (SSSR count). The molecule has 2 N–H and O–H groups in total. The number of likely N-dealkylation sites (tertiary alicyclic amines) is 1. The first kappa shape index (κ1) is 11.4. The summed E-state index contributed by atoms with van der Waals surface area (Å²) in [4.78, 5) is 2.57. The molecule has 0 aromatic heterocycles. The first-order valence-corrected chi connectivity index (χ1v) is 6.28. The number of nitrogens with zero attached hydrogens (tertiary/aromatic N) is 1. The van der Waals surface area contributed by atoms with Crippen LogP contribution in [0.5, 0.6) is 0 Å². The Morgan fingerprint density at radius 1 is 1.33 bits per heavy atom. The van der Waals surface area contributed by atoms with Crippen LogP contribution < -0.4 is 5.73 Å². The van der Waals surface area contributed by atoms with Crippen LogP contribution in [0.15, 0.2) is 0 Å². The predicted octanol–water partition coefficient (Wildman–Crippen LogP) is 1.37. The molecule has 15 heavy (non-hydrogen) atoms. The number of hydrogen-bond acceptors (Lipinski definition) is 3. The molecule has 0 aliphatic carbocycles. The van der Waals surface area contributed by atoms with E-state index in [-0.39, 0.29) is 5.54 Å². The number of nitrogens with two attached hydrogens (primary N) is 1. The second kappa shape index (κ2) is 4.40. The van der Waals surface area contributed by atoms with Crippen molar-refractivity contribution in [2.24, 2.45) is 5.73 Å². The molecule has 2 heterocycles. The number of fused-ring (bicyclic) bond motifs is 2. The SMILES string of the molecule is CCCC(C)(CN)N1CC2CCC(C1)O2. The van der Waals surface area contributed by atoms with Gasteiger partial charge < -0.3 is 10.5 Å². The Hall–Kier alpha value is -0.120. The van der Waals surface area contributed by atoms with Crippen LogP contribution in [-0.2, 0) is 4.74 Å². The molecule has 0 radical (unpaired) electrons. The quantitative estimate of drug-likeness (QED) is 0.765. The number of rotatable bonds is 4. The maximum Gasteiger partial charge on any atom is 0.0707 e. The Bertz CT molecular complexity index is 210. The van der Waals surface area contributed by atoms with Crippen LogP contribution >= 0.6 is 0 Å². The van der Waals surface area contributed by atoms with Crippen molar-refractivity contribution in [2.75, 3.05) is 19.6 Å². The summed E-state index contributed by atoms with van der Waals surface area (Å²) >= 11 is 0. The van der Waals surface area contributed by atoms with Gasteiger partial charge in [0.15, 0.2) is 0 Å². The fraction of sp³-hybridized carbons (Fsp3) is 1.00. The third-order valence-electron chi connectivity index (χ3n) is 4.04. The van der Waals surface area contributed by atoms with Crippen LogP contribution in [-0.4, -0.2) is 42.3 Å². The van der Waals surface area contributed by atoms with Gasteiger partial charge in [0, 0.05) is 25.2 Å². The lowest BCUT2D eigenvalue weighted by molar-refractivity contribution is -0.0746. The molecule has 0 saturated carbocycles. The lowest BCUT2D eigenvalue weighted by atomic mass is 9.93. The molecule has 3 heteroatoms. The van der Waals surface area contributed by atoms with Gasteiger partial charge in [0.05, 0.1) is 12.2 Å². The first-order chi connectivity index (χ1) is 7.18. The van der Waals surface area contributed by atoms with E-state index in [0.717, 1.165) is 19.6 Å². The molecule has 0 aromatic rings. The van der Waals surface area contributed by atoms with E-state index in [1.807, 2.05) is 0 Å². The minimum Gasteiger partial charge on any atom is -0.372 e. The van der Waals surface area contributed by atoms with E-state index in [4.69, 9.17) is 10.5 Å². The van der Waals surface area contributed by atoms with Crippen LogP contribution in [0.4, 0.5) is 0 Å². The zero-order chi connectivity index (χ0) is 10.9. The van der Waals surface area contributed by atoms with Gasteiger partial charge in [-0.1, -0.05) is 13.3 Å². The molecule has 0 aromatic carbocycles. The summed E-state index contributed by atoms with van der Waals surface area (Å²) in [6, 6.07) is 0. The molecular weight excluding hydrogens is 188 g/mol. The zero-order valence-electron chi connectivity index (χ0n) is 10.0. The van der Waals surface area contributed by atoms with Crippen LogP contribution in [0.1, 0.15) is 39.5 Å². The third-order valence-corrected chi connectivity index (χ3v) is 4.04. The van der Waals surface area contributed by atoms with Crippen LogP contribution in [0.2, 0.25) is 0 Å². The fourth-order valence-corrected chi connectivity index (χ4v) is 2.98. The molecule has 2 saturated heterocycles. The van der Waals surface area contributed by atoms with E-state index in [0.29, 0.717) is 12.2 Å². The van der Waals surface area contributed by atoms with E-state index >= 15 is 0 Å². The van der Waals surface area contributed by atoms with E-state index in [1.165, 1.54) is 25.7 Å². The van der Waals surface area contributed by atoms with Crippen molar-refractivity contribution in [3.63, 3.8) is 0 Å². The summed E-state index contributed by atoms with van der Waals surface area (Å²) in [7, 11) is 0. The lowest BCUT2D eigenvalue weighted by Gasteiger charge is -2.45. The maximum absolute atomic E-state index is 5.95. The minimum atomic E-state index is 0.194. The van der Waals surface area contributed by atoms with Crippen molar-refractivity contribution < 1.29 is 4.74 Å². The maximum atomic E-state index is 5.95. The van der Waals surface area contributed by atoms with Crippen molar-refractivity contribution in [3.05, 3.63) is 0 Å². The van der Waals surface area contributed by atoms with Gasteiger partial charge in [-0.3, -0.25) is 4.90 Å². The van der Waals surface area contributed by atoms with Gasteiger partial charge in [-0.25, -0.2) is 0 Å². The highest BCUT2D eigenvalue weighted by atomic mass is 16.5. The van der Waals surface area contributed by atoms with Crippen molar-refractivity contribution in [2.45, 2.75) is 57.3 Å². The number of hydrogen-bond donors (Lipinski definition) is 1. The second-order valence-electron chi connectivity index (χ2n) is 5.31. The molecule has 3 unspecified atom stereocenters. The van der Waals surface area contributed by atoms with Gasteiger partial charge >= 0.3 is 0 Å². The van der Waals surface area contributed by atoms with Gasteiger partial charge in [-0.2, -0.15) is 0 Å². The average molecular weight is 212 g/mol. The van der Waals surface area contributed by atoms with E-state index < -0.39 is 0 Å². The molecule has 2 aliphatic heterocycles. The lowest BCUT2D eigenvalue weighted by Crippen LogP contribution is -2.57. The highest BCUT2D eigenvalue weighted by molar-refractivity contribution is 4.94. The Morgan fingerprint density at radius 3 is 2.40 bits per heavy atom. The van der Waals surface area contributed by atoms with Gasteiger partial charge in [0.2, 0.25) is 0 Å². The average Bonchev–Trinajstić information content (AvgIpc) is 2.58. The summed E-state index contributed by atoms with van der Waals surface area (Å²) in [5.74, 6) is 0. The third kappa shape index (κ3) is 2.19. The Morgan fingerprint density at radius 2 is 1.93 bits per heavy atom. The molecule has 2 fully saturated rings. The van der Waals surface area contributed by atoms with Crippen LogP contribution in [0.25, 0.3) is 0 Å². The van der Waals surface area contributed by atoms with Gasteiger partial charge in [-0.05, 0) is 26.2 Å². The Kier molecular flexibility index (Phi) is 3.33. The van der Waals surface area contributed by atoms with Gasteiger partial charge in [-0.15, -0.1) is 0 Å². The summed E-state index contributed by atoms with van der Waals surface area (Å²) < 4.78 is 5.86. The molecule has 0 spiro atoms. The molecule has 0 amide bonds. The molecule has 2 bridgehead atoms.